The van der Waals surface area contributed by atoms with Crippen LogP contribution in [0.3, 0.4) is 0 Å². The van der Waals surface area contributed by atoms with E-state index in [1.54, 1.807) is 0 Å². The predicted octanol–water partition coefficient (Wildman–Crippen LogP) is 4.85. The van der Waals surface area contributed by atoms with Gasteiger partial charge >= 0.3 is 0 Å². The van der Waals surface area contributed by atoms with Gasteiger partial charge in [0, 0.05) is 12.0 Å². The molecule has 0 aliphatic carbocycles. The lowest BCUT2D eigenvalue weighted by Gasteiger charge is -2.17. The minimum absolute atomic E-state index is 0.209. The highest BCUT2D eigenvalue weighted by atomic mass is 16.1. The smallest absolute Gasteiger partial charge is 0.163 e. The molecule has 1 nitrogen and oxygen atoms in total. The van der Waals surface area contributed by atoms with E-state index in [4.69, 9.17) is 0 Å². The van der Waals surface area contributed by atoms with Gasteiger partial charge in [0.2, 0.25) is 0 Å². The zero-order valence-corrected chi connectivity index (χ0v) is 11.4. The van der Waals surface area contributed by atoms with Gasteiger partial charge in [0.1, 0.15) is 0 Å². The molecule has 2 aromatic carbocycles. The number of fused-ring (bicyclic) bond motifs is 1. The van der Waals surface area contributed by atoms with Gasteiger partial charge in [-0.1, -0.05) is 63.2 Å². The van der Waals surface area contributed by atoms with Gasteiger partial charge in [0.15, 0.2) is 5.78 Å². The van der Waals surface area contributed by atoms with E-state index in [1.807, 2.05) is 30.3 Å². The molecular formula is C17H20O. The van der Waals surface area contributed by atoms with Gasteiger partial charge in [-0.15, -0.1) is 0 Å². The Labute approximate surface area is 109 Å². The van der Waals surface area contributed by atoms with Crippen molar-refractivity contribution in [2.45, 2.75) is 33.6 Å². The summed E-state index contributed by atoms with van der Waals surface area (Å²) in [5.41, 5.74) is 1.07. The number of rotatable bonds is 3. The standard InChI is InChI=1S/C17H20O/c1-17(2,3)12-11-16(18)15-10-6-8-13-7-4-5-9-14(13)15/h4-10H,11-12H2,1-3H3. The fourth-order valence-electron chi connectivity index (χ4n) is 2.09. The van der Waals surface area contributed by atoms with Crippen molar-refractivity contribution < 1.29 is 4.79 Å². The predicted molar refractivity (Wildman–Crippen MR) is 77.0 cm³/mol. The summed E-state index contributed by atoms with van der Waals surface area (Å²) in [4.78, 5) is 12.3. The first-order chi connectivity index (χ1) is 8.47. The van der Waals surface area contributed by atoms with Gasteiger partial charge < -0.3 is 0 Å². The van der Waals surface area contributed by atoms with E-state index in [0.29, 0.717) is 6.42 Å². The van der Waals surface area contributed by atoms with Crippen molar-refractivity contribution in [3.63, 3.8) is 0 Å². The molecule has 0 spiro atoms. The first-order valence-corrected chi connectivity index (χ1v) is 6.48. The summed E-state index contributed by atoms with van der Waals surface area (Å²) in [5, 5.41) is 2.21. The molecule has 0 N–H and O–H groups in total. The van der Waals surface area contributed by atoms with Gasteiger partial charge in [-0.2, -0.15) is 0 Å². The summed E-state index contributed by atoms with van der Waals surface area (Å²) in [6, 6.07) is 14.0. The molecule has 0 saturated heterocycles. The number of ketones is 1. The molecule has 2 aromatic rings. The summed E-state index contributed by atoms with van der Waals surface area (Å²) in [6.07, 6.45) is 1.55. The molecule has 0 amide bonds. The zero-order valence-electron chi connectivity index (χ0n) is 11.4. The summed E-state index contributed by atoms with van der Waals surface area (Å²) < 4.78 is 0. The first-order valence-electron chi connectivity index (χ1n) is 6.48. The normalized spacial score (nSPS) is 11.7. The van der Waals surface area contributed by atoms with E-state index < -0.39 is 0 Å². The van der Waals surface area contributed by atoms with Crippen LogP contribution in [0.25, 0.3) is 10.8 Å². The van der Waals surface area contributed by atoms with E-state index in [1.165, 1.54) is 0 Å². The fraction of sp³-hybridized carbons (Fsp3) is 0.353. The molecule has 0 bridgehead atoms. The lowest BCUT2D eigenvalue weighted by molar-refractivity contribution is 0.0967. The van der Waals surface area contributed by atoms with Crippen LogP contribution in [0.1, 0.15) is 44.0 Å². The highest BCUT2D eigenvalue weighted by Gasteiger charge is 2.15. The third kappa shape index (κ3) is 2.98. The Hall–Kier alpha value is -1.63. The molecule has 0 radical (unpaired) electrons. The van der Waals surface area contributed by atoms with Gasteiger partial charge in [-0.3, -0.25) is 4.79 Å². The van der Waals surface area contributed by atoms with E-state index in [9.17, 15) is 4.79 Å². The van der Waals surface area contributed by atoms with Crippen molar-refractivity contribution in [1.29, 1.82) is 0 Å². The molecule has 0 aliphatic rings. The molecule has 0 aromatic heterocycles. The monoisotopic (exact) mass is 240 g/mol. The number of carbonyl (C=O) groups excluding carboxylic acids is 1. The quantitative estimate of drug-likeness (QED) is 0.701. The molecule has 0 fully saturated rings. The minimum atomic E-state index is 0.209. The molecule has 0 unspecified atom stereocenters. The molecule has 2 rings (SSSR count). The minimum Gasteiger partial charge on any atom is -0.294 e. The number of hydrogen-bond donors (Lipinski definition) is 0. The Bertz CT molecular complexity index is 556. The lowest BCUT2D eigenvalue weighted by Crippen LogP contribution is -2.09. The van der Waals surface area contributed by atoms with Crippen LogP contribution in [-0.4, -0.2) is 5.78 Å². The van der Waals surface area contributed by atoms with E-state index in [0.717, 1.165) is 22.8 Å². The van der Waals surface area contributed by atoms with Crippen LogP contribution < -0.4 is 0 Å². The van der Waals surface area contributed by atoms with E-state index in [-0.39, 0.29) is 11.2 Å². The molecule has 0 atom stereocenters. The molecule has 0 aliphatic heterocycles. The summed E-state index contributed by atoms with van der Waals surface area (Å²) >= 11 is 0. The van der Waals surface area contributed by atoms with Gasteiger partial charge in [-0.05, 0) is 22.6 Å². The Kier molecular flexibility index (Phi) is 3.51. The van der Waals surface area contributed by atoms with Crippen molar-refractivity contribution >= 4 is 16.6 Å². The van der Waals surface area contributed by atoms with Crippen LogP contribution in [0.15, 0.2) is 42.5 Å². The second-order valence-electron chi connectivity index (χ2n) is 6.01. The number of carbonyl (C=O) groups is 1. The van der Waals surface area contributed by atoms with E-state index >= 15 is 0 Å². The maximum Gasteiger partial charge on any atom is 0.163 e. The maximum absolute atomic E-state index is 12.3. The zero-order chi connectivity index (χ0) is 13.2. The molecule has 0 saturated carbocycles. The largest absolute Gasteiger partial charge is 0.294 e. The molecule has 18 heavy (non-hydrogen) atoms. The Morgan fingerprint density at radius 2 is 1.67 bits per heavy atom. The van der Waals surface area contributed by atoms with Crippen LogP contribution in [0.5, 0.6) is 0 Å². The van der Waals surface area contributed by atoms with Crippen LogP contribution in [-0.2, 0) is 0 Å². The molecule has 0 heterocycles. The SMILES string of the molecule is CC(C)(C)CCC(=O)c1cccc2ccccc12. The van der Waals surface area contributed by atoms with Crippen molar-refractivity contribution in [3.8, 4) is 0 Å². The average molecular weight is 240 g/mol. The summed E-state index contributed by atoms with van der Waals surface area (Å²) in [5.74, 6) is 0.252. The lowest BCUT2D eigenvalue weighted by atomic mass is 9.88. The highest BCUT2D eigenvalue weighted by Crippen LogP contribution is 2.24. The second-order valence-corrected chi connectivity index (χ2v) is 6.01. The number of hydrogen-bond acceptors (Lipinski definition) is 1. The summed E-state index contributed by atoms with van der Waals surface area (Å²) in [6.45, 7) is 6.51. The highest BCUT2D eigenvalue weighted by molar-refractivity contribution is 6.08. The van der Waals surface area contributed by atoms with Gasteiger partial charge in [0.05, 0.1) is 0 Å². The van der Waals surface area contributed by atoms with Crippen LogP contribution >= 0.6 is 0 Å². The first kappa shape index (κ1) is 12.8. The Morgan fingerprint density at radius 3 is 2.39 bits per heavy atom. The van der Waals surface area contributed by atoms with Crippen molar-refractivity contribution in [2.75, 3.05) is 0 Å². The van der Waals surface area contributed by atoms with Gasteiger partial charge in [-0.25, -0.2) is 0 Å². The fourth-order valence-corrected chi connectivity index (χ4v) is 2.09. The molecule has 94 valence electrons. The second kappa shape index (κ2) is 4.93. The number of benzene rings is 2. The van der Waals surface area contributed by atoms with Crippen molar-refractivity contribution in [3.05, 3.63) is 48.0 Å². The average Bonchev–Trinajstić information content (AvgIpc) is 2.34. The topological polar surface area (TPSA) is 17.1 Å². The van der Waals surface area contributed by atoms with Crippen LogP contribution in [0.2, 0.25) is 0 Å². The van der Waals surface area contributed by atoms with Crippen molar-refractivity contribution in [2.24, 2.45) is 5.41 Å². The van der Waals surface area contributed by atoms with Crippen molar-refractivity contribution in [1.82, 2.24) is 0 Å². The Morgan fingerprint density at radius 1 is 1.00 bits per heavy atom. The Balaban J connectivity index is 2.28. The number of Topliss-reactive ketones (excluding diaryl/α,β-unsaturated/α-hetero) is 1. The third-order valence-electron chi connectivity index (χ3n) is 3.19. The molecule has 1 heteroatoms. The maximum atomic E-state index is 12.3. The van der Waals surface area contributed by atoms with E-state index in [2.05, 4.69) is 32.9 Å². The van der Waals surface area contributed by atoms with Crippen LogP contribution in [0.4, 0.5) is 0 Å². The molecular weight excluding hydrogens is 220 g/mol. The summed E-state index contributed by atoms with van der Waals surface area (Å²) in [7, 11) is 0. The third-order valence-corrected chi connectivity index (χ3v) is 3.19. The van der Waals surface area contributed by atoms with Gasteiger partial charge in [0.25, 0.3) is 0 Å². The van der Waals surface area contributed by atoms with Crippen LogP contribution in [0, 0.1) is 5.41 Å².